The van der Waals surface area contributed by atoms with Crippen LogP contribution in [-0.2, 0) is 11.2 Å². The highest BCUT2D eigenvalue weighted by atomic mass is 32.2. The molecular formula is C16H23NOS. The second-order valence-corrected chi connectivity index (χ2v) is 7.10. The van der Waals surface area contributed by atoms with Gasteiger partial charge in [0.2, 0.25) is 0 Å². The highest BCUT2D eigenvalue weighted by Crippen LogP contribution is 2.36. The van der Waals surface area contributed by atoms with E-state index in [0.717, 1.165) is 13.2 Å². The quantitative estimate of drug-likeness (QED) is 0.838. The molecule has 19 heavy (non-hydrogen) atoms. The first-order valence-corrected chi connectivity index (χ1v) is 8.24. The number of hydrogen-bond acceptors (Lipinski definition) is 3. The van der Waals surface area contributed by atoms with Crippen LogP contribution in [0.2, 0.25) is 0 Å². The van der Waals surface area contributed by atoms with Gasteiger partial charge >= 0.3 is 0 Å². The highest BCUT2D eigenvalue weighted by molar-refractivity contribution is 8.00. The fraction of sp³-hybridized carbons (Fsp3) is 0.625. The van der Waals surface area contributed by atoms with Crippen molar-refractivity contribution in [3.63, 3.8) is 0 Å². The molecule has 2 unspecified atom stereocenters. The molecule has 2 aliphatic heterocycles. The van der Waals surface area contributed by atoms with Crippen LogP contribution in [0, 0.1) is 0 Å². The minimum Gasteiger partial charge on any atom is -0.377 e. The van der Waals surface area contributed by atoms with Crippen LogP contribution in [0.4, 0.5) is 0 Å². The maximum atomic E-state index is 5.83. The maximum absolute atomic E-state index is 5.83. The summed E-state index contributed by atoms with van der Waals surface area (Å²) < 4.78 is 5.83. The highest BCUT2D eigenvalue weighted by Gasteiger charge is 2.24. The minimum atomic E-state index is 0.465. The Morgan fingerprint density at radius 1 is 1.26 bits per heavy atom. The first kappa shape index (κ1) is 13.5. The van der Waals surface area contributed by atoms with Crippen LogP contribution in [0.1, 0.15) is 24.8 Å². The summed E-state index contributed by atoms with van der Waals surface area (Å²) in [6.45, 7) is 3.22. The molecule has 1 aromatic carbocycles. The van der Waals surface area contributed by atoms with E-state index >= 15 is 0 Å². The van der Waals surface area contributed by atoms with Crippen LogP contribution in [0.5, 0.6) is 0 Å². The van der Waals surface area contributed by atoms with E-state index in [1.807, 2.05) is 11.8 Å². The zero-order valence-corrected chi connectivity index (χ0v) is 12.5. The smallest absolute Gasteiger partial charge is 0.0701 e. The van der Waals surface area contributed by atoms with Crippen LogP contribution in [0.3, 0.4) is 0 Å². The van der Waals surface area contributed by atoms with Gasteiger partial charge in [-0.3, -0.25) is 0 Å². The molecule has 0 radical (unpaired) electrons. The summed E-state index contributed by atoms with van der Waals surface area (Å²) in [6.07, 6.45) is 5.50. The monoisotopic (exact) mass is 277 g/mol. The molecule has 1 fully saturated rings. The molecule has 104 valence electrons. The lowest BCUT2D eigenvalue weighted by Crippen LogP contribution is -2.36. The Hall–Kier alpha value is -0.510. The predicted molar refractivity (Wildman–Crippen MR) is 80.9 cm³/mol. The van der Waals surface area contributed by atoms with Gasteiger partial charge in [-0.15, -0.1) is 11.8 Å². The lowest BCUT2D eigenvalue weighted by atomic mass is 10.1. The van der Waals surface area contributed by atoms with Crippen molar-refractivity contribution in [3.8, 4) is 0 Å². The van der Waals surface area contributed by atoms with Gasteiger partial charge in [0.15, 0.2) is 0 Å². The lowest BCUT2D eigenvalue weighted by molar-refractivity contribution is -0.00128. The molecule has 3 heteroatoms. The molecule has 2 aliphatic rings. The average molecular weight is 277 g/mol. The van der Waals surface area contributed by atoms with Crippen molar-refractivity contribution in [2.24, 2.45) is 0 Å². The number of likely N-dealkylation sites (N-methyl/N-ethyl adjacent to an activating group) is 1. The SMILES string of the molecule is CN(CC1CCCCO1)CC1Cc2ccccc2S1. The van der Waals surface area contributed by atoms with Crippen LogP contribution in [0.25, 0.3) is 0 Å². The summed E-state index contributed by atoms with van der Waals surface area (Å²) in [5, 5.41) is 0.714. The minimum absolute atomic E-state index is 0.465. The van der Waals surface area contributed by atoms with Crippen molar-refractivity contribution in [1.82, 2.24) is 4.90 Å². The van der Waals surface area contributed by atoms with Crippen molar-refractivity contribution in [2.75, 3.05) is 26.7 Å². The molecule has 0 amide bonds. The number of nitrogens with zero attached hydrogens (tertiary/aromatic N) is 1. The Labute approximate surface area is 120 Å². The Morgan fingerprint density at radius 3 is 2.95 bits per heavy atom. The number of fused-ring (bicyclic) bond motifs is 1. The van der Waals surface area contributed by atoms with Gasteiger partial charge in [0.05, 0.1) is 6.10 Å². The van der Waals surface area contributed by atoms with E-state index in [1.165, 1.54) is 42.7 Å². The van der Waals surface area contributed by atoms with Crippen LogP contribution in [-0.4, -0.2) is 43.0 Å². The van der Waals surface area contributed by atoms with Crippen molar-refractivity contribution < 1.29 is 4.74 Å². The van der Waals surface area contributed by atoms with Crippen LogP contribution in [0.15, 0.2) is 29.2 Å². The third kappa shape index (κ3) is 3.53. The number of thioether (sulfide) groups is 1. The van der Waals surface area contributed by atoms with Gasteiger partial charge in [0, 0.05) is 29.8 Å². The Bertz CT molecular complexity index is 392. The first-order chi connectivity index (χ1) is 9.31. The van der Waals surface area contributed by atoms with Crippen LogP contribution < -0.4 is 0 Å². The lowest BCUT2D eigenvalue weighted by Gasteiger charge is -2.28. The average Bonchev–Trinajstić information content (AvgIpc) is 2.81. The molecule has 3 rings (SSSR count). The molecule has 0 bridgehead atoms. The molecule has 0 N–H and O–H groups in total. The molecule has 2 atom stereocenters. The molecule has 0 aliphatic carbocycles. The third-order valence-corrected chi connectivity index (χ3v) is 5.32. The zero-order chi connectivity index (χ0) is 13.1. The standard InChI is InChI=1S/C16H23NOS/c1-17(11-14-7-4-5-9-18-14)12-15-10-13-6-2-3-8-16(13)19-15/h2-3,6,8,14-15H,4-5,7,9-12H2,1H3. The van der Waals surface area contributed by atoms with E-state index in [1.54, 1.807) is 0 Å². The summed E-state index contributed by atoms with van der Waals surface area (Å²) >= 11 is 2.04. The molecule has 2 heterocycles. The van der Waals surface area contributed by atoms with E-state index < -0.39 is 0 Å². The molecule has 0 saturated carbocycles. The maximum Gasteiger partial charge on any atom is 0.0701 e. The predicted octanol–water partition coefficient (Wildman–Crippen LogP) is 3.20. The van der Waals surface area contributed by atoms with Gasteiger partial charge in [-0.05, 0) is 44.4 Å². The van der Waals surface area contributed by atoms with Gasteiger partial charge in [-0.1, -0.05) is 18.2 Å². The molecule has 0 aromatic heterocycles. The normalized spacial score (nSPS) is 26.6. The number of benzene rings is 1. The van der Waals surface area contributed by atoms with Crippen molar-refractivity contribution in [1.29, 1.82) is 0 Å². The third-order valence-electron chi connectivity index (χ3n) is 4.02. The first-order valence-electron chi connectivity index (χ1n) is 7.36. The fourth-order valence-corrected chi connectivity index (χ4v) is 4.49. The van der Waals surface area contributed by atoms with E-state index in [0.29, 0.717) is 11.4 Å². The van der Waals surface area contributed by atoms with Gasteiger partial charge in [-0.2, -0.15) is 0 Å². The van der Waals surface area contributed by atoms with E-state index in [4.69, 9.17) is 4.74 Å². The summed E-state index contributed by atoms with van der Waals surface area (Å²) in [6, 6.07) is 8.83. The topological polar surface area (TPSA) is 12.5 Å². The summed E-state index contributed by atoms with van der Waals surface area (Å²) in [7, 11) is 2.24. The van der Waals surface area contributed by atoms with Crippen LogP contribution >= 0.6 is 11.8 Å². The van der Waals surface area contributed by atoms with E-state index in [9.17, 15) is 0 Å². The van der Waals surface area contributed by atoms with Crippen molar-refractivity contribution >= 4 is 11.8 Å². The molecule has 0 spiro atoms. The number of rotatable bonds is 4. The van der Waals surface area contributed by atoms with E-state index in [-0.39, 0.29) is 0 Å². The second kappa shape index (κ2) is 6.29. The largest absolute Gasteiger partial charge is 0.377 e. The summed E-state index contributed by atoms with van der Waals surface area (Å²) in [5.41, 5.74) is 1.53. The van der Waals surface area contributed by atoms with E-state index in [2.05, 4.69) is 36.2 Å². The molecular weight excluding hydrogens is 254 g/mol. The molecule has 2 nitrogen and oxygen atoms in total. The summed E-state index contributed by atoms with van der Waals surface area (Å²) in [5.74, 6) is 0. The van der Waals surface area contributed by atoms with Gasteiger partial charge in [0.25, 0.3) is 0 Å². The Morgan fingerprint density at radius 2 is 2.16 bits per heavy atom. The van der Waals surface area contributed by atoms with Gasteiger partial charge in [0.1, 0.15) is 0 Å². The van der Waals surface area contributed by atoms with Gasteiger partial charge in [-0.25, -0.2) is 0 Å². The molecule has 1 saturated heterocycles. The zero-order valence-electron chi connectivity index (χ0n) is 11.7. The second-order valence-electron chi connectivity index (χ2n) is 5.76. The fourth-order valence-electron chi connectivity index (χ4n) is 3.08. The Kier molecular flexibility index (Phi) is 4.46. The molecule has 1 aromatic rings. The van der Waals surface area contributed by atoms with Crippen molar-refractivity contribution in [3.05, 3.63) is 29.8 Å². The number of hydrogen-bond donors (Lipinski definition) is 0. The summed E-state index contributed by atoms with van der Waals surface area (Å²) in [4.78, 5) is 3.94. The van der Waals surface area contributed by atoms with Crippen molar-refractivity contribution in [2.45, 2.75) is 41.9 Å². The number of ether oxygens (including phenoxy) is 1. The van der Waals surface area contributed by atoms with Gasteiger partial charge < -0.3 is 9.64 Å². The Balaban J connectivity index is 1.47.